The Bertz CT molecular complexity index is 1160. The average molecular weight is 482 g/mol. The topological polar surface area (TPSA) is 68.7 Å². The van der Waals surface area contributed by atoms with Gasteiger partial charge in [0.1, 0.15) is 6.61 Å². The Morgan fingerprint density at radius 3 is 2.55 bits per heavy atom. The Labute approximate surface area is 190 Å². The number of hydrogen-bond acceptors (Lipinski definition) is 6. The van der Waals surface area contributed by atoms with E-state index in [9.17, 15) is 27.2 Å². The number of methoxy groups -OCH3 is 1. The fraction of sp³-hybridized carbons (Fsp3) is 0.227. The van der Waals surface area contributed by atoms with Crippen LogP contribution in [0.4, 0.5) is 28.4 Å². The normalized spacial score (nSPS) is 11.2. The number of thiazole rings is 1. The van der Waals surface area contributed by atoms with E-state index in [1.807, 2.05) is 0 Å². The molecule has 3 rings (SSSR count). The van der Waals surface area contributed by atoms with E-state index in [2.05, 4.69) is 4.98 Å². The molecule has 174 valence electrons. The number of halogens is 4. The number of alkyl halides is 3. The molecule has 1 amide bonds. The lowest BCUT2D eigenvalue weighted by atomic mass is 10.1. The SMILES string of the molecule is COc1ccc(CC(=O)OCc2csc(N(C(C)=O)c3cccc(C(F)(F)F)c3)n2)cc1F. The van der Waals surface area contributed by atoms with Gasteiger partial charge in [-0.25, -0.2) is 9.37 Å². The van der Waals surface area contributed by atoms with E-state index < -0.39 is 29.4 Å². The van der Waals surface area contributed by atoms with Gasteiger partial charge >= 0.3 is 12.1 Å². The summed E-state index contributed by atoms with van der Waals surface area (Å²) in [7, 11) is 1.33. The number of carbonyl (C=O) groups excluding carboxylic acids is 2. The lowest BCUT2D eigenvalue weighted by molar-refractivity contribution is -0.144. The van der Waals surface area contributed by atoms with E-state index >= 15 is 0 Å². The van der Waals surface area contributed by atoms with Crippen LogP contribution in [0.1, 0.15) is 23.7 Å². The first-order chi connectivity index (χ1) is 15.6. The highest BCUT2D eigenvalue weighted by Crippen LogP contribution is 2.35. The van der Waals surface area contributed by atoms with Gasteiger partial charge in [-0.3, -0.25) is 14.5 Å². The fourth-order valence-electron chi connectivity index (χ4n) is 2.91. The summed E-state index contributed by atoms with van der Waals surface area (Å²) in [6.45, 7) is 0.984. The zero-order valence-corrected chi connectivity index (χ0v) is 18.3. The fourth-order valence-corrected chi connectivity index (χ4v) is 3.78. The van der Waals surface area contributed by atoms with Crippen molar-refractivity contribution in [2.24, 2.45) is 0 Å². The minimum Gasteiger partial charge on any atom is -0.494 e. The highest BCUT2D eigenvalue weighted by molar-refractivity contribution is 7.14. The van der Waals surface area contributed by atoms with Crippen molar-refractivity contribution in [3.63, 3.8) is 0 Å². The average Bonchev–Trinajstić information content (AvgIpc) is 3.20. The summed E-state index contributed by atoms with van der Waals surface area (Å²) in [6.07, 6.45) is -4.74. The summed E-state index contributed by atoms with van der Waals surface area (Å²) in [5.74, 6) is -1.71. The van der Waals surface area contributed by atoms with Crippen molar-refractivity contribution in [1.82, 2.24) is 4.98 Å². The predicted octanol–water partition coefficient (Wildman–Crippen LogP) is 5.28. The third-order valence-corrected chi connectivity index (χ3v) is 5.30. The summed E-state index contributed by atoms with van der Waals surface area (Å²) in [4.78, 5) is 29.5. The molecule has 6 nitrogen and oxygen atoms in total. The van der Waals surface area contributed by atoms with Gasteiger partial charge in [-0.1, -0.05) is 12.1 Å². The van der Waals surface area contributed by atoms with E-state index in [1.165, 1.54) is 49.7 Å². The van der Waals surface area contributed by atoms with E-state index in [0.29, 0.717) is 11.3 Å². The maximum Gasteiger partial charge on any atom is 0.416 e. The smallest absolute Gasteiger partial charge is 0.416 e. The largest absolute Gasteiger partial charge is 0.494 e. The molecule has 1 aromatic heterocycles. The molecule has 0 N–H and O–H groups in total. The quantitative estimate of drug-likeness (QED) is 0.339. The van der Waals surface area contributed by atoms with E-state index in [-0.39, 0.29) is 29.6 Å². The van der Waals surface area contributed by atoms with Crippen LogP contribution in [0.3, 0.4) is 0 Å². The second-order valence-electron chi connectivity index (χ2n) is 6.83. The Morgan fingerprint density at radius 1 is 1.15 bits per heavy atom. The zero-order valence-electron chi connectivity index (χ0n) is 17.5. The maximum atomic E-state index is 13.7. The van der Waals surface area contributed by atoms with Gasteiger partial charge in [-0.05, 0) is 35.9 Å². The molecule has 1 heterocycles. The molecule has 0 atom stereocenters. The van der Waals surface area contributed by atoms with Crippen molar-refractivity contribution in [2.45, 2.75) is 26.1 Å². The molecule has 33 heavy (non-hydrogen) atoms. The highest BCUT2D eigenvalue weighted by atomic mass is 32.1. The van der Waals surface area contributed by atoms with Crippen molar-refractivity contribution in [3.8, 4) is 5.75 Å². The van der Waals surface area contributed by atoms with E-state index in [1.54, 1.807) is 0 Å². The minimum atomic E-state index is -4.56. The summed E-state index contributed by atoms with van der Waals surface area (Å²) in [5, 5.41) is 1.66. The van der Waals surface area contributed by atoms with Gasteiger partial charge < -0.3 is 9.47 Å². The number of amides is 1. The van der Waals surface area contributed by atoms with Gasteiger partial charge in [0.2, 0.25) is 5.91 Å². The highest BCUT2D eigenvalue weighted by Gasteiger charge is 2.31. The summed E-state index contributed by atoms with van der Waals surface area (Å²) in [5.41, 5.74) is -0.185. The third-order valence-electron chi connectivity index (χ3n) is 4.42. The number of esters is 1. The molecular weight excluding hydrogens is 464 g/mol. The summed E-state index contributed by atoms with van der Waals surface area (Å²) < 4.78 is 62.8. The molecule has 0 saturated carbocycles. The number of ether oxygens (including phenoxy) is 2. The molecule has 11 heteroatoms. The van der Waals surface area contributed by atoms with E-state index in [0.717, 1.165) is 28.4 Å². The van der Waals surface area contributed by atoms with Crippen LogP contribution in [-0.2, 0) is 33.5 Å². The van der Waals surface area contributed by atoms with Gasteiger partial charge in [-0.2, -0.15) is 13.2 Å². The monoisotopic (exact) mass is 482 g/mol. The number of nitrogens with zero attached hydrogens (tertiary/aromatic N) is 2. The first-order valence-corrected chi connectivity index (χ1v) is 10.4. The molecule has 0 aliphatic rings. The van der Waals surface area contributed by atoms with Crippen LogP contribution in [0.2, 0.25) is 0 Å². The van der Waals surface area contributed by atoms with Gasteiger partial charge in [0.25, 0.3) is 0 Å². The lowest BCUT2D eigenvalue weighted by Gasteiger charge is -2.19. The molecule has 0 fully saturated rings. The van der Waals surface area contributed by atoms with Gasteiger partial charge in [-0.15, -0.1) is 11.3 Å². The summed E-state index contributed by atoms with van der Waals surface area (Å²) >= 11 is 1.01. The molecule has 0 aliphatic carbocycles. The van der Waals surface area contributed by atoms with Crippen LogP contribution in [0.5, 0.6) is 5.75 Å². The number of carbonyl (C=O) groups is 2. The molecule has 0 unspecified atom stereocenters. The van der Waals surface area contributed by atoms with Crippen LogP contribution < -0.4 is 9.64 Å². The molecule has 0 saturated heterocycles. The molecule has 0 spiro atoms. The Kier molecular flexibility index (Phi) is 7.32. The molecule has 0 aliphatic heterocycles. The first-order valence-electron chi connectivity index (χ1n) is 9.49. The van der Waals surface area contributed by atoms with Gasteiger partial charge in [0.05, 0.1) is 30.5 Å². The van der Waals surface area contributed by atoms with E-state index in [4.69, 9.17) is 9.47 Å². The zero-order chi connectivity index (χ0) is 24.2. The summed E-state index contributed by atoms with van der Waals surface area (Å²) in [6, 6.07) is 8.43. The molecule has 2 aromatic carbocycles. The lowest BCUT2D eigenvalue weighted by Crippen LogP contribution is -2.23. The number of hydrogen-bond donors (Lipinski definition) is 0. The standard InChI is InChI=1S/C22H18F4N2O4S/c1-13(29)28(17-5-3-4-15(10-17)22(24,25)26)21-27-16(12-33-21)11-32-20(30)9-14-6-7-19(31-2)18(23)8-14/h3-8,10,12H,9,11H2,1-2H3. The van der Waals surface area contributed by atoms with Crippen molar-refractivity contribution in [3.05, 3.63) is 70.5 Å². The predicted molar refractivity (Wildman–Crippen MR) is 113 cm³/mol. The Hall–Kier alpha value is -3.47. The molecule has 3 aromatic rings. The van der Waals surface area contributed by atoms with Crippen molar-refractivity contribution >= 4 is 34.0 Å². The van der Waals surface area contributed by atoms with Gasteiger partial charge in [0.15, 0.2) is 16.7 Å². The third kappa shape index (κ3) is 6.07. The van der Waals surface area contributed by atoms with Crippen LogP contribution in [0.25, 0.3) is 0 Å². The Morgan fingerprint density at radius 2 is 1.91 bits per heavy atom. The molecule has 0 bridgehead atoms. The number of aromatic nitrogens is 1. The molecular formula is C22H18F4N2O4S. The second kappa shape index (κ2) is 9.99. The number of anilines is 2. The molecule has 0 radical (unpaired) electrons. The minimum absolute atomic E-state index is 0.0109. The Balaban J connectivity index is 1.68. The number of benzene rings is 2. The van der Waals surface area contributed by atoms with Crippen LogP contribution in [0, 0.1) is 5.82 Å². The van der Waals surface area contributed by atoms with Crippen molar-refractivity contribution in [2.75, 3.05) is 12.0 Å². The van der Waals surface area contributed by atoms with Gasteiger partial charge in [0, 0.05) is 12.3 Å². The maximum absolute atomic E-state index is 13.7. The van der Waals surface area contributed by atoms with Crippen molar-refractivity contribution in [1.29, 1.82) is 0 Å². The second-order valence-corrected chi connectivity index (χ2v) is 7.67. The van der Waals surface area contributed by atoms with Crippen LogP contribution in [-0.4, -0.2) is 24.0 Å². The van der Waals surface area contributed by atoms with Crippen molar-refractivity contribution < 1.29 is 36.6 Å². The van der Waals surface area contributed by atoms with Crippen LogP contribution in [0.15, 0.2) is 47.8 Å². The number of rotatable bonds is 7. The first kappa shape index (κ1) is 24.2. The van der Waals surface area contributed by atoms with Crippen LogP contribution >= 0.6 is 11.3 Å².